The number of ether oxygens (including phenoxy) is 1. The number of rotatable bonds is 8. The second kappa shape index (κ2) is 11.0. The number of nitriles is 2. The quantitative estimate of drug-likeness (QED) is 0.386. The van der Waals surface area contributed by atoms with Crippen LogP contribution in [0.3, 0.4) is 0 Å². The maximum atomic E-state index is 10.1. The van der Waals surface area contributed by atoms with Crippen LogP contribution < -0.4 is 4.74 Å². The van der Waals surface area contributed by atoms with Crippen LogP contribution in [0, 0.1) is 54.8 Å². The standard InChI is InChI=1S/C31H34N2O/c1-6-17-31(20-32,21-33)29-10-8-7-9-27(29)28(30-23(3)18-22(2)19-24(30)4)16-13-25-11-14-26(34-5)15-12-25/h6,10-16,18-19,27-28H,1,7-9,17H2,2-5H3. The summed E-state index contributed by atoms with van der Waals surface area (Å²) < 4.78 is 5.30. The summed E-state index contributed by atoms with van der Waals surface area (Å²) in [5, 5.41) is 20.3. The topological polar surface area (TPSA) is 56.8 Å². The van der Waals surface area contributed by atoms with Gasteiger partial charge < -0.3 is 4.74 Å². The molecular formula is C31H34N2O. The van der Waals surface area contributed by atoms with Gasteiger partial charge in [-0.15, -0.1) is 6.58 Å². The highest BCUT2D eigenvalue weighted by atomic mass is 16.5. The molecule has 0 bridgehead atoms. The van der Waals surface area contributed by atoms with Gasteiger partial charge in [0.05, 0.1) is 19.2 Å². The summed E-state index contributed by atoms with van der Waals surface area (Å²) in [4.78, 5) is 0. The summed E-state index contributed by atoms with van der Waals surface area (Å²) in [7, 11) is 1.67. The zero-order valence-corrected chi connectivity index (χ0v) is 20.8. The average molecular weight is 451 g/mol. The van der Waals surface area contributed by atoms with Crippen molar-refractivity contribution in [3.63, 3.8) is 0 Å². The summed E-state index contributed by atoms with van der Waals surface area (Å²) in [6, 6.07) is 17.2. The SMILES string of the molecule is C=CCC(C#N)(C#N)C1=CCCCC1C(C=Cc1ccc(OC)cc1)c1c(C)cc(C)cc1C. The third-order valence-electron chi connectivity index (χ3n) is 6.92. The predicted octanol–water partition coefficient (Wildman–Crippen LogP) is 7.75. The molecule has 0 saturated heterocycles. The van der Waals surface area contributed by atoms with Crippen LogP contribution in [0.1, 0.15) is 59.4 Å². The van der Waals surface area contributed by atoms with E-state index in [0.29, 0.717) is 6.42 Å². The Bertz CT molecular complexity index is 1130. The van der Waals surface area contributed by atoms with E-state index in [0.717, 1.165) is 36.1 Å². The molecule has 0 fully saturated rings. The molecule has 0 aliphatic heterocycles. The first kappa shape index (κ1) is 25.1. The van der Waals surface area contributed by atoms with Crippen LogP contribution in [0.4, 0.5) is 0 Å². The molecule has 3 heteroatoms. The molecule has 2 aromatic carbocycles. The summed E-state index contributed by atoms with van der Waals surface area (Å²) in [5.74, 6) is 0.955. The van der Waals surface area contributed by atoms with Crippen LogP contribution in [0.2, 0.25) is 0 Å². The largest absolute Gasteiger partial charge is 0.497 e. The Morgan fingerprint density at radius 1 is 1.12 bits per heavy atom. The van der Waals surface area contributed by atoms with Crippen molar-refractivity contribution in [3.8, 4) is 17.9 Å². The number of allylic oxidation sites excluding steroid dienone is 4. The number of nitrogens with zero attached hydrogens (tertiary/aromatic N) is 2. The maximum Gasteiger partial charge on any atom is 0.168 e. The van der Waals surface area contributed by atoms with Gasteiger partial charge in [0.15, 0.2) is 5.41 Å². The minimum atomic E-state index is -1.18. The van der Waals surface area contributed by atoms with Crippen molar-refractivity contribution in [2.45, 2.75) is 52.4 Å². The van der Waals surface area contributed by atoms with E-state index in [2.05, 4.69) is 69.8 Å². The van der Waals surface area contributed by atoms with E-state index in [1.54, 1.807) is 13.2 Å². The third-order valence-corrected chi connectivity index (χ3v) is 6.92. The molecule has 0 radical (unpaired) electrons. The second-order valence-electron chi connectivity index (χ2n) is 9.29. The van der Waals surface area contributed by atoms with Gasteiger partial charge in [-0.1, -0.05) is 54.1 Å². The minimum absolute atomic E-state index is 0.0557. The van der Waals surface area contributed by atoms with Crippen molar-refractivity contribution >= 4 is 6.08 Å². The molecule has 2 atom stereocenters. The van der Waals surface area contributed by atoms with Gasteiger partial charge in [0.25, 0.3) is 0 Å². The molecule has 3 rings (SSSR count). The number of hydrogen-bond donors (Lipinski definition) is 0. The molecule has 0 spiro atoms. The molecule has 1 aliphatic rings. The molecule has 2 unspecified atom stereocenters. The highest BCUT2D eigenvalue weighted by Gasteiger charge is 2.41. The average Bonchev–Trinajstić information content (AvgIpc) is 2.84. The van der Waals surface area contributed by atoms with E-state index >= 15 is 0 Å². The lowest BCUT2D eigenvalue weighted by Gasteiger charge is -2.37. The van der Waals surface area contributed by atoms with Crippen LogP contribution in [-0.4, -0.2) is 7.11 Å². The van der Waals surface area contributed by atoms with E-state index in [9.17, 15) is 10.5 Å². The van der Waals surface area contributed by atoms with Crippen molar-refractivity contribution in [2.24, 2.45) is 11.3 Å². The number of benzene rings is 2. The molecule has 0 heterocycles. The Hall–Kier alpha value is -3.56. The molecule has 3 nitrogen and oxygen atoms in total. The molecular weight excluding hydrogens is 416 g/mol. The van der Waals surface area contributed by atoms with Crippen LogP contribution in [0.5, 0.6) is 5.75 Å². The van der Waals surface area contributed by atoms with E-state index < -0.39 is 5.41 Å². The van der Waals surface area contributed by atoms with Crippen LogP contribution in [0.25, 0.3) is 6.08 Å². The molecule has 0 amide bonds. The fourth-order valence-corrected chi connectivity index (χ4v) is 5.42. The number of hydrogen-bond acceptors (Lipinski definition) is 3. The Kier molecular flexibility index (Phi) is 8.14. The predicted molar refractivity (Wildman–Crippen MR) is 139 cm³/mol. The van der Waals surface area contributed by atoms with Gasteiger partial charge in [-0.2, -0.15) is 10.5 Å². The van der Waals surface area contributed by atoms with E-state index in [-0.39, 0.29) is 11.8 Å². The van der Waals surface area contributed by atoms with Gasteiger partial charge in [-0.05, 0) is 85.9 Å². The van der Waals surface area contributed by atoms with Crippen LogP contribution >= 0.6 is 0 Å². The van der Waals surface area contributed by atoms with Crippen molar-refractivity contribution in [3.05, 3.63) is 94.6 Å². The summed E-state index contributed by atoms with van der Waals surface area (Å²) >= 11 is 0. The van der Waals surface area contributed by atoms with Gasteiger partial charge in [-0.25, -0.2) is 0 Å². The lowest BCUT2D eigenvalue weighted by molar-refractivity contribution is 0.404. The van der Waals surface area contributed by atoms with Crippen molar-refractivity contribution < 1.29 is 4.74 Å². The third kappa shape index (κ3) is 5.16. The Balaban J connectivity index is 2.16. The second-order valence-corrected chi connectivity index (χ2v) is 9.29. The molecule has 0 N–H and O–H groups in total. The molecule has 2 aromatic rings. The zero-order chi connectivity index (χ0) is 24.7. The first-order valence-electron chi connectivity index (χ1n) is 11.9. The molecule has 0 aromatic heterocycles. The maximum absolute atomic E-state index is 10.1. The first-order valence-corrected chi connectivity index (χ1v) is 11.9. The highest BCUT2D eigenvalue weighted by molar-refractivity contribution is 5.55. The van der Waals surface area contributed by atoms with Gasteiger partial charge >= 0.3 is 0 Å². The normalized spacial score (nSPS) is 16.9. The van der Waals surface area contributed by atoms with Gasteiger partial charge in [0.2, 0.25) is 0 Å². The van der Waals surface area contributed by atoms with Gasteiger partial charge in [0.1, 0.15) is 5.75 Å². The van der Waals surface area contributed by atoms with Crippen molar-refractivity contribution in [1.82, 2.24) is 0 Å². The first-order chi connectivity index (χ1) is 16.4. The number of methoxy groups -OCH3 is 1. The van der Waals surface area contributed by atoms with Crippen molar-refractivity contribution in [1.29, 1.82) is 10.5 Å². The van der Waals surface area contributed by atoms with Crippen molar-refractivity contribution in [2.75, 3.05) is 7.11 Å². The smallest absolute Gasteiger partial charge is 0.168 e. The van der Waals surface area contributed by atoms with E-state index in [4.69, 9.17) is 4.74 Å². The number of aryl methyl sites for hydroxylation is 3. The zero-order valence-electron chi connectivity index (χ0n) is 20.8. The molecule has 174 valence electrons. The van der Waals surface area contributed by atoms with Crippen LogP contribution in [-0.2, 0) is 0 Å². The lowest BCUT2D eigenvalue weighted by atomic mass is 9.64. The van der Waals surface area contributed by atoms with Gasteiger partial charge in [0, 0.05) is 12.3 Å². The highest BCUT2D eigenvalue weighted by Crippen LogP contribution is 2.48. The monoisotopic (exact) mass is 450 g/mol. The fourth-order valence-electron chi connectivity index (χ4n) is 5.42. The van der Waals surface area contributed by atoms with E-state index in [1.807, 2.05) is 24.3 Å². The summed E-state index contributed by atoms with van der Waals surface area (Å²) in [5.41, 5.74) is 5.89. The summed E-state index contributed by atoms with van der Waals surface area (Å²) in [6.45, 7) is 10.3. The molecule has 34 heavy (non-hydrogen) atoms. The Morgan fingerprint density at radius 3 is 2.32 bits per heavy atom. The Morgan fingerprint density at radius 2 is 1.76 bits per heavy atom. The molecule has 1 aliphatic carbocycles. The minimum Gasteiger partial charge on any atom is -0.497 e. The lowest BCUT2D eigenvalue weighted by Crippen LogP contribution is -2.30. The van der Waals surface area contributed by atoms with E-state index in [1.165, 1.54) is 22.3 Å². The van der Waals surface area contributed by atoms with Crippen LogP contribution in [0.15, 0.2) is 66.8 Å². The molecule has 0 saturated carbocycles. The van der Waals surface area contributed by atoms with Gasteiger partial charge in [-0.3, -0.25) is 0 Å². The fraction of sp³-hybridized carbons (Fsp3) is 0.355. The Labute approximate surface area is 204 Å². The summed E-state index contributed by atoms with van der Waals surface area (Å²) in [6.07, 6.45) is 11.5.